The highest BCUT2D eigenvalue weighted by atomic mass is 32.1. The number of nitrogen functional groups attached to an aromatic ring is 1. The maximum absolute atomic E-state index is 12.0. The molecule has 0 aliphatic carbocycles. The van der Waals surface area contributed by atoms with E-state index in [1.54, 1.807) is 11.3 Å². The smallest absolute Gasteiger partial charge is 0.389 e. The summed E-state index contributed by atoms with van der Waals surface area (Å²) in [6, 6.07) is 6.22. The molecule has 1 aromatic heterocycles. The van der Waals surface area contributed by atoms with Crippen molar-refractivity contribution >= 4 is 17.0 Å². The standard InChI is InChI=1S/C21H29F3N2S/c1-2-17-15-27-20(26-17)18-12-11-16(14-19(18)25)10-8-6-4-3-5-7-9-13-21(22,23)24/h11-12,14-15H,2-10,13,25H2,1H3. The Bertz CT molecular complexity index is 695. The van der Waals surface area contributed by atoms with Crippen LogP contribution < -0.4 is 5.73 Å². The Balaban J connectivity index is 1.64. The van der Waals surface area contributed by atoms with Crippen molar-refractivity contribution in [3.05, 3.63) is 34.8 Å². The van der Waals surface area contributed by atoms with Crippen molar-refractivity contribution in [2.24, 2.45) is 0 Å². The Hall–Kier alpha value is -1.56. The molecule has 0 saturated carbocycles. The van der Waals surface area contributed by atoms with Crippen molar-refractivity contribution in [1.82, 2.24) is 4.98 Å². The number of benzene rings is 1. The highest BCUT2D eigenvalue weighted by molar-refractivity contribution is 7.13. The molecule has 2 aromatic rings. The number of nitrogens with zero attached hydrogens (tertiary/aromatic N) is 1. The zero-order chi connectivity index (χ0) is 19.7. The van der Waals surface area contributed by atoms with Gasteiger partial charge in [0.05, 0.1) is 5.69 Å². The minimum atomic E-state index is -4.00. The van der Waals surface area contributed by atoms with Crippen LogP contribution in [-0.2, 0) is 12.8 Å². The number of thiazole rings is 1. The molecule has 6 heteroatoms. The number of nitrogens with two attached hydrogens (primary N) is 1. The molecule has 0 aliphatic rings. The van der Waals surface area contributed by atoms with Gasteiger partial charge in [0.15, 0.2) is 0 Å². The number of alkyl halides is 3. The van der Waals surface area contributed by atoms with E-state index in [0.29, 0.717) is 6.42 Å². The average Bonchev–Trinajstić information content (AvgIpc) is 3.08. The highest BCUT2D eigenvalue weighted by Crippen LogP contribution is 2.30. The fourth-order valence-electron chi connectivity index (χ4n) is 3.09. The van der Waals surface area contributed by atoms with E-state index in [1.807, 2.05) is 6.07 Å². The summed E-state index contributed by atoms with van der Waals surface area (Å²) in [5, 5.41) is 3.05. The fraction of sp³-hybridized carbons (Fsp3) is 0.571. The van der Waals surface area contributed by atoms with E-state index in [4.69, 9.17) is 5.73 Å². The van der Waals surface area contributed by atoms with Gasteiger partial charge in [-0.2, -0.15) is 13.2 Å². The van der Waals surface area contributed by atoms with E-state index in [1.165, 1.54) is 5.56 Å². The molecule has 0 amide bonds. The number of rotatable bonds is 11. The third-order valence-electron chi connectivity index (χ3n) is 4.69. The number of aromatic nitrogens is 1. The second kappa shape index (κ2) is 10.7. The molecule has 0 spiro atoms. The van der Waals surface area contributed by atoms with Crippen LogP contribution in [0.1, 0.15) is 69.5 Å². The lowest BCUT2D eigenvalue weighted by Crippen LogP contribution is -2.06. The van der Waals surface area contributed by atoms with Crippen molar-refractivity contribution in [1.29, 1.82) is 0 Å². The van der Waals surface area contributed by atoms with Crippen LogP contribution in [0.4, 0.5) is 18.9 Å². The largest absolute Gasteiger partial charge is 0.398 e. The van der Waals surface area contributed by atoms with E-state index < -0.39 is 12.6 Å². The van der Waals surface area contributed by atoms with Crippen LogP contribution in [0, 0.1) is 0 Å². The van der Waals surface area contributed by atoms with Gasteiger partial charge in [0, 0.05) is 23.1 Å². The minimum Gasteiger partial charge on any atom is -0.398 e. The molecule has 0 bridgehead atoms. The first-order valence-corrected chi connectivity index (χ1v) is 10.7. The zero-order valence-corrected chi connectivity index (χ0v) is 16.8. The highest BCUT2D eigenvalue weighted by Gasteiger charge is 2.25. The number of unbranched alkanes of at least 4 members (excludes halogenated alkanes) is 6. The van der Waals surface area contributed by atoms with Gasteiger partial charge >= 0.3 is 6.18 Å². The van der Waals surface area contributed by atoms with Gasteiger partial charge in [-0.1, -0.05) is 45.1 Å². The van der Waals surface area contributed by atoms with Crippen LogP contribution in [0.3, 0.4) is 0 Å². The third kappa shape index (κ3) is 7.91. The van der Waals surface area contributed by atoms with Crippen molar-refractivity contribution in [2.75, 3.05) is 5.73 Å². The summed E-state index contributed by atoms with van der Waals surface area (Å²) in [5.74, 6) is 0. The number of aryl methyl sites for hydroxylation is 2. The lowest BCUT2D eigenvalue weighted by atomic mass is 10.0. The Morgan fingerprint density at radius 3 is 2.26 bits per heavy atom. The SMILES string of the molecule is CCc1csc(-c2ccc(CCCCCCCCCC(F)(F)F)cc2N)n1. The lowest BCUT2D eigenvalue weighted by Gasteiger charge is -2.07. The Labute approximate surface area is 164 Å². The fourth-order valence-corrected chi connectivity index (χ4v) is 4.04. The van der Waals surface area contributed by atoms with Gasteiger partial charge in [0.2, 0.25) is 0 Å². The molecule has 2 nitrogen and oxygen atoms in total. The number of halogens is 3. The zero-order valence-electron chi connectivity index (χ0n) is 15.9. The summed E-state index contributed by atoms with van der Waals surface area (Å²) in [4.78, 5) is 4.60. The quantitative estimate of drug-likeness (QED) is 0.321. The summed E-state index contributed by atoms with van der Waals surface area (Å²) < 4.78 is 36.1. The molecule has 1 heterocycles. The normalized spacial score (nSPS) is 11.9. The van der Waals surface area contributed by atoms with Crippen molar-refractivity contribution in [2.45, 2.75) is 77.3 Å². The van der Waals surface area contributed by atoms with Gasteiger partial charge in [-0.25, -0.2) is 4.98 Å². The maximum Gasteiger partial charge on any atom is 0.389 e. The molecule has 1 aromatic carbocycles. The van der Waals surface area contributed by atoms with Gasteiger partial charge in [-0.3, -0.25) is 0 Å². The van der Waals surface area contributed by atoms with Crippen LogP contribution in [0.2, 0.25) is 0 Å². The number of hydrogen-bond acceptors (Lipinski definition) is 3. The summed E-state index contributed by atoms with van der Waals surface area (Å²) in [6.45, 7) is 2.09. The van der Waals surface area contributed by atoms with Crippen LogP contribution in [0.25, 0.3) is 10.6 Å². The molecule has 2 rings (SSSR count). The lowest BCUT2D eigenvalue weighted by molar-refractivity contribution is -0.135. The summed E-state index contributed by atoms with van der Waals surface area (Å²) in [7, 11) is 0. The molecule has 0 atom stereocenters. The van der Waals surface area contributed by atoms with Crippen LogP contribution in [-0.4, -0.2) is 11.2 Å². The van der Waals surface area contributed by atoms with E-state index in [2.05, 4.69) is 29.4 Å². The van der Waals surface area contributed by atoms with Gasteiger partial charge in [-0.15, -0.1) is 11.3 Å². The molecule has 0 saturated heterocycles. The van der Waals surface area contributed by atoms with Crippen LogP contribution in [0.5, 0.6) is 0 Å². The molecule has 150 valence electrons. The van der Waals surface area contributed by atoms with Gasteiger partial charge in [-0.05, 0) is 43.4 Å². The first kappa shape index (κ1) is 21.7. The topological polar surface area (TPSA) is 38.9 Å². The predicted molar refractivity (Wildman–Crippen MR) is 108 cm³/mol. The maximum atomic E-state index is 12.0. The van der Waals surface area contributed by atoms with Crippen molar-refractivity contribution in [3.8, 4) is 10.6 Å². The summed E-state index contributed by atoms with van der Waals surface area (Å²) in [5.41, 5.74) is 10.3. The van der Waals surface area contributed by atoms with E-state index in [0.717, 1.165) is 66.9 Å². The van der Waals surface area contributed by atoms with Gasteiger partial charge < -0.3 is 5.73 Å². The Morgan fingerprint density at radius 1 is 1.00 bits per heavy atom. The molecule has 0 unspecified atom stereocenters. The Kier molecular flexibility index (Phi) is 8.61. The van der Waals surface area contributed by atoms with Crippen LogP contribution >= 0.6 is 11.3 Å². The Morgan fingerprint density at radius 2 is 1.67 bits per heavy atom. The minimum absolute atomic E-state index is 0.258. The molecule has 0 radical (unpaired) electrons. The van der Waals surface area contributed by atoms with E-state index in [-0.39, 0.29) is 6.42 Å². The van der Waals surface area contributed by atoms with Crippen LogP contribution in [0.15, 0.2) is 23.6 Å². The molecule has 2 N–H and O–H groups in total. The molecule has 0 fully saturated rings. The third-order valence-corrected chi connectivity index (χ3v) is 5.61. The molecule has 27 heavy (non-hydrogen) atoms. The molecular weight excluding hydrogens is 369 g/mol. The molecular formula is C21H29F3N2S. The second-order valence-corrected chi connectivity index (χ2v) is 7.87. The first-order chi connectivity index (χ1) is 12.9. The van der Waals surface area contributed by atoms with Gasteiger partial charge in [0.25, 0.3) is 0 Å². The van der Waals surface area contributed by atoms with Crippen molar-refractivity contribution < 1.29 is 13.2 Å². The molecule has 0 aliphatic heterocycles. The average molecular weight is 399 g/mol. The monoisotopic (exact) mass is 398 g/mol. The van der Waals surface area contributed by atoms with E-state index >= 15 is 0 Å². The number of hydrogen-bond donors (Lipinski definition) is 1. The van der Waals surface area contributed by atoms with Crippen molar-refractivity contribution in [3.63, 3.8) is 0 Å². The van der Waals surface area contributed by atoms with Gasteiger partial charge in [0.1, 0.15) is 5.01 Å². The van der Waals surface area contributed by atoms with E-state index in [9.17, 15) is 13.2 Å². The first-order valence-electron chi connectivity index (χ1n) is 9.79. The summed E-state index contributed by atoms with van der Waals surface area (Å²) in [6.07, 6.45) is 3.37. The second-order valence-electron chi connectivity index (χ2n) is 7.01. The predicted octanol–water partition coefficient (Wildman–Crippen LogP) is 7.18. The number of anilines is 1. The summed E-state index contributed by atoms with van der Waals surface area (Å²) >= 11 is 1.63.